The Hall–Kier alpha value is -1.49. The van der Waals surface area contributed by atoms with Crippen LogP contribution < -0.4 is 0 Å². The molecule has 0 saturated heterocycles. The van der Waals surface area contributed by atoms with Crippen molar-refractivity contribution < 1.29 is 14.7 Å². The Morgan fingerprint density at radius 3 is 2.55 bits per heavy atom. The van der Waals surface area contributed by atoms with Crippen LogP contribution in [0.3, 0.4) is 0 Å². The smallest absolute Gasteiger partial charge is 0.323 e. The molecule has 20 heavy (non-hydrogen) atoms. The lowest BCUT2D eigenvalue weighted by Crippen LogP contribution is -2.38. The standard InChI is InChI=1S/C15H19NO3S/c17-14(16(10-15(18)19)13-6-7-13)11-20-9-8-12-4-2-1-3-5-12/h1-5,13H,6-11H2,(H,18,19). The summed E-state index contributed by atoms with van der Waals surface area (Å²) >= 11 is 1.57. The van der Waals surface area contributed by atoms with Gasteiger partial charge in [-0.2, -0.15) is 11.8 Å². The number of benzene rings is 1. The number of thioether (sulfide) groups is 1. The third-order valence-corrected chi connectivity index (χ3v) is 4.16. The summed E-state index contributed by atoms with van der Waals surface area (Å²) in [6, 6.07) is 10.3. The van der Waals surface area contributed by atoms with Crippen LogP contribution in [-0.2, 0) is 16.0 Å². The molecule has 2 rings (SSSR count). The topological polar surface area (TPSA) is 57.6 Å². The molecule has 108 valence electrons. The zero-order chi connectivity index (χ0) is 14.4. The number of carbonyl (C=O) groups excluding carboxylic acids is 1. The van der Waals surface area contributed by atoms with Crippen molar-refractivity contribution in [3.05, 3.63) is 35.9 Å². The molecule has 5 heteroatoms. The maximum Gasteiger partial charge on any atom is 0.323 e. The number of aryl methyl sites for hydroxylation is 1. The van der Waals surface area contributed by atoms with Gasteiger partial charge < -0.3 is 10.0 Å². The minimum atomic E-state index is -0.931. The average Bonchev–Trinajstić information content (AvgIpc) is 3.26. The number of carboxylic acid groups (broad SMARTS) is 1. The van der Waals surface area contributed by atoms with Gasteiger partial charge in [0.2, 0.25) is 5.91 Å². The Morgan fingerprint density at radius 1 is 1.25 bits per heavy atom. The summed E-state index contributed by atoms with van der Waals surface area (Å²) in [5.74, 6) is 0.269. The SMILES string of the molecule is O=C(O)CN(C(=O)CSCCc1ccccc1)C1CC1. The number of aliphatic carboxylic acids is 1. The van der Waals surface area contributed by atoms with Gasteiger partial charge in [0.05, 0.1) is 5.75 Å². The van der Waals surface area contributed by atoms with Crippen LogP contribution in [0.4, 0.5) is 0 Å². The van der Waals surface area contributed by atoms with Crippen molar-refractivity contribution in [3.8, 4) is 0 Å². The first-order valence-corrected chi connectivity index (χ1v) is 7.95. The van der Waals surface area contributed by atoms with Gasteiger partial charge in [0.25, 0.3) is 0 Å². The second-order valence-corrected chi connectivity index (χ2v) is 6.04. The predicted octanol–water partition coefficient (Wildman–Crippen LogP) is 2.04. The fourth-order valence-corrected chi connectivity index (χ4v) is 2.89. The molecule has 1 N–H and O–H groups in total. The largest absolute Gasteiger partial charge is 0.480 e. The molecule has 1 fully saturated rings. The molecule has 0 unspecified atom stereocenters. The quantitative estimate of drug-likeness (QED) is 0.745. The van der Waals surface area contributed by atoms with Crippen molar-refractivity contribution in [1.82, 2.24) is 4.90 Å². The fraction of sp³-hybridized carbons (Fsp3) is 0.467. The monoisotopic (exact) mass is 293 g/mol. The Labute approximate surface area is 123 Å². The first kappa shape index (κ1) is 14.9. The van der Waals surface area contributed by atoms with Gasteiger partial charge in [-0.25, -0.2) is 0 Å². The van der Waals surface area contributed by atoms with E-state index in [9.17, 15) is 9.59 Å². The van der Waals surface area contributed by atoms with Gasteiger partial charge in [-0.05, 0) is 30.6 Å². The van der Waals surface area contributed by atoms with E-state index in [1.54, 1.807) is 11.8 Å². The Kier molecular flexibility index (Phi) is 5.47. The Balaban J connectivity index is 1.69. The maximum atomic E-state index is 12.0. The van der Waals surface area contributed by atoms with Crippen LogP contribution in [0, 0.1) is 0 Å². The second kappa shape index (κ2) is 7.33. The first-order chi connectivity index (χ1) is 9.66. The molecule has 0 heterocycles. The summed E-state index contributed by atoms with van der Waals surface area (Å²) in [5.41, 5.74) is 1.26. The molecule has 0 radical (unpaired) electrons. The minimum Gasteiger partial charge on any atom is -0.480 e. The number of nitrogens with zero attached hydrogens (tertiary/aromatic N) is 1. The molecule has 1 aromatic rings. The average molecular weight is 293 g/mol. The zero-order valence-electron chi connectivity index (χ0n) is 11.3. The zero-order valence-corrected chi connectivity index (χ0v) is 12.1. The van der Waals surface area contributed by atoms with Crippen LogP contribution in [0.5, 0.6) is 0 Å². The molecule has 1 aliphatic rings. The number of carbonyl (C=O) groups is 2. The number of carboxylic acids is 1. The van der Waals surface area contributed by atoms with Crippen molar-refractivity contribution in [2.75, 3.05) is 18.1 Å². The normalized spacial score (nSPS) is 14.0. The molecule has 1 amide bonds. The van der Waals surface area contributed by atoms with Gasteiger partial charge in [0, 0.05) is 6.04 Å². The van der Waals surface area contributed by atoms with Gasteiger partial charge in [-0.3, -0.25) is 9.59 Å². The minimum absolute atomic E-state index is 0.0482. The molecule has 1 aromatic carbocycles. The van der Waals surface area contributed by atoms with Crippen molar-refractivity contribution in [2.24, 2.45) is 0 Å². The lowest BCUT2D eigenvalue weighted by atomic mass is 10.2. The van der Waals surface area contributed by atoms with Crippen LogP contribution in [0.15, 0.2) is 30.3 Å². The number of rotatable bonds is 8. The molecular weight excluding hydrogens is 274 g/mol. The Morgan fingerprint density at radius 2 is 1.95 bits per heavy atom. The third-order valence-electron chi connectivity index (χ3n) is 3.22. The van der Waals surface area contributed by atoms with Gasteiger partial charge >= 0.3 is 5.97 Å². The van der Waals surface area contributed by atoms with E-state index in [4.69, 9.17) is 5.11 Å². The highest BCUT2D eigenvalue weighted by Gasteiger charge is 2.33. The van der Waals surface area contributed by atoms with Crippen molar-refractivity contribution in [1.29, 1.82) is 0 Å². The highest BCUT2D eigenvalue weighted by Crippen LogP contribution is 2.27. The van der Waals surface area contributed by atoms with E-state index in [0.29, 0.717) is 5.75 Å². The fourth-order valence-electron chi connectivity index (χ4n) is 2.03. The molecular formula is C15H19NO3S. The van der Waals surface area contributed by atoms with E-state index in [1.807, 2.05) is 18.2 Å². The van der Waals surface area contributed by atoms with Crippen LogP contribution >= 0.6 is 11.8 Å². The Bertz CT molecular complexity index is 459. The highest BCUT2D eigenvalue weighted by molar-refractivity contribution is 7.99. The van der Waals surface area contributed by atoms with Crippen LogP contribution in [0.1, 0.15) is 18.4 Å². The van der Waals surface area contributed by atoms with Crippen molar-refractivity contribution in [3.63, 3.8) is 0 Å². The summed E-state index contributed by atoms with van der Waals surface area (Å²) in [4.78, 5) is 24.3. The molecule has 0 spiro atoms. The predicted molar refractivity (Wildman–Crippen MR) is 79.8 cm³/mol. The van der Waals surface area contributed by atoms with Gasteiger partial charge in [-0.1, -0.05) is 30.3 Å². The summed E-state index contributed by atoms with van der Waals surface area (Å²) in [6.07, 6.45) is 2.81. The molecule has 1 saturated carbocycles. The first-order valence-electron chi connectivity index (χ1n) is 6.80. The van der Waals surface area contributed by atoms with Crippen molar-refractivity contribution in [2.45, 2.75) is 25.3 Å². The summed E-state index contributed by atoms with van der Waals surface area (Å²) in [6.45, 7) is -0.164. The lowest BCUT2D eigenvalue weighted by Gasteiger charge is -2.19. The highest BCUT2D eigenvalue weighted by atomic mass is 32.2. The summed E-state index contributed by atoms with van der Waals surface area (Å²) in [7, 11) is 0. The van der Waals surface area contributed by atoms with Gasteiger partial charge in [-0.15, -0.1) is 0 Å². The van der Waals surface area contributed by atoms with E-state index in [0.717, 1.165) is 25.0 Å². The van der Waals surface area contributed by atoms with E-state index >= 15 is 0 Å². The van der Waals surface area contributed by atoms with E-state index in [1.165, 1.54) is 10.5 Å². The maximum absolute atomic E-state index is 12.0. The van der Waals surface area contributed by atoms with E-state index in [2.05, 4.69) is 12.1 Å². The van der Waals surface area contributed by atoms with E-state index in [-0.39, 0.29) is 18.5 Å². The molecule has 0 atom stereocenters. The molecule has 1 aliphatic carbocycles. The number of hydrogen-bond acceptors (Lipinski definition) is 3. The molecule has 0 aromatic heterocycles. The van der Waals surface area contributed by atoms with Crippen LogP contribution in [0.25, 0.3) is 0 Å². The van der Waals surface area contributed by atoms with Gasteiger partial charge in [0.1, 0.15) is 6.54 Å². The lowest BCUT2D eigenvalue weighted by molar-refractivity contribution is -0.143. The summed E-state index contributed by atoms with van der Waals surface area (Å²) in [5, 5.41) is 8.83. The number of amides is 1. The number of hydrogen-bond donors (Lipinski definition) is 1. The molecule has 4 nitrogen and oxygen atoms in total. The van der Waals surface area contributed by atoms with Crippen LogP contribution in [0.2, 0.25) is 0 Å². The van der Waals surface area contributed by atoms with Crippen LogP contribution in [-0.4, -0.2) is 46.0 Å². The van der Waals surface area contributed by atoms with E-state index < -0.39 is 5.97 Å². The molecule has 0 aliphatic heterocycles. The second-order valence-electron chi connectivity index (χ2n) is 4.93. The molecule has 0 bridgehead atoms. The van der Waals surface area contributed by atoms with Gasteiger partial charge in [0.15, 0.2) is 0 Å². The van der Waals surface area contributed by atoms with Crippen molar-refractivity contribution >= 4 is 23.6 Å². The third kappa shape index (κ3) is 4.89. The summed E-state index contributed by atoms with van der Waals surface area (Å²) < 4.78 is 0.